The molecule has 1 aromatic heterocycles. The number of phenolic OH excluding ortho intramolecular Hbond substituents is 1. The Kier molecular flexibility index (Phi) is 2.41. The number of aromatic hydroxyl groups is 1. The second kappa shape index (κ2) is 3.88. The van der Waals surface area contributed by atoms with E-state index in [0.29, 0.717) is 6.41 Å². The molecule has 2 rings (SSSR count). The third-order valence-electron chi connectivity index (χ3n) is 2.12. The Labute approximate surface area is 86.2 Å². The summed E-state index contributed by atoms with van der Waals surface area (Å²) < 4.78 is 0. The predicted octanol–water partition coefficient (Wildman–Crippen LogP) is 1.59. The van der Waals surface area contributed by atoms with Gasteiger partial charge in [-0.1, -0.05) is 0 Å². The van der Waals surface area contributed by atoms with E-state index >= 15 is 0 Å². The van der Waals surface area contributed by atoms with Gasteiger partial charge in [-0.2, -0.15) is 0 Å². The number of nitrogens with one attached hydrogen (secondary N) is 2. The molecule has 2 aromatic rings. The van der Waals surface area contributed by atoms with Crippen molar-refractivity contribution in [2.45, 2.75) is 0 Å². The lowest BCUT2D eigenvalue weighted by Gasteiger charge is -1.93. The maximum absolute atomic E-state index is 10.0. The van der Waals surface area contributed by atoms with Crippen LogP contribution in [0.1, 0.15) is 5.56 Å². The fourth-order valence-electron chi connectivity index (χ4n) is 1.45. The molecule has 15 heavy (non-hydrogen) atoms. The first kappa shape index (κ1) is 9.33. The third-order valence-corrected chi connectivity index (χ3v) is 2.12. The molecule has 0 atom stereocenters. The van der Waals surface area contributed by atoms with Crippen LogP contribution in [0.3, 0.4) is 0 Å². The van der Waals surface area contributed by atoms with Crippen molar-refractivity contribution < 1.29 is 9.90 Å². The Balaban J connectivity index is 2.43. The highest BCUT2D eigenvalue weighted by molar-refractivity contribution is 5.89. The molecule has 0 spiro atoms. The number of carbonyl (C=O) groups excluding carboxylic acids is 1. The zero-order valence-corrected chi connectivity index (χ0v) is 7.90. The van der Waals surface area contributed by atoms with Gasteiger partial charge in [0.25, 0.3) is 0 Å². The maximum atomic E-state index is 10.0. The van der Waals surface area contributed by atoms with Crippen molar-refractivity contribution in [3.8, 4) is 5.75 Å². The highest BCUT2D eigenvalue weighted by atomic mass is 16.3. The van der Waals surface area contributed by atoms with Crippen LogP contribution in [0.5, 0.6) is 5.75 Å². The minimum absolute atomic E-state index is 0.222. The smallest absolute Gasteiger partial charge is 0.211 e. The van der Waals surface area contributed by atoms with E-state index in [2.05, 4.69) is 10.3 Å². The molecular weight excluding hydrogens is 192 g/mol. The fourth-order valence-corrected chi connectivity index (χ4v) is 1.45. The van der Waals surface area contributed by atoms with E-state index in [0.717, 1.165) is 16.5 Å². The largest absolute Gasteiger partial charge is 0.508 e. The van der Waals surface area contributed by atoms with E-state index in [1.165, 1.54) is 0 Å². The molecule has 0 aliphatic rings. The first-order chi connectivity index (χ1) is 7.31. The number of aromatic nitrogens is 1. The van der Waals surface area contributed by atoms with Crippen LogP contribution in [-0.4, -0.2) is 16.5 Å². The highest BCUT2D eigenvalue weighted by Crippen LogP contribution is 2.23. The summed E-state index contributed by atoms with van der Waals surface area (Å²) in [5, 5.41) is 12.7. The monoisotopic (exact) mass is 202 g/mol. The normalized spacial score (nSPS) is 10.9. The molecule has 76 valence electrons. The van der Waals surface area contributed by atoms with Gasteiger partial charge in [-0.3, -0.25) is 4.79 Å². The molecular formula is C11H10N2O2. The molecule has 4 heteroatoms. The van der Waals surface area contributed by atoms with Crippen molar-refractivity contribution in [2.24, 2.45) is 0 Å². The molecule has 0 radical (unpaired) electrons. The van der Waals surface area contributed by atoms with E-state index in [4.69, 9.17) is 0 Å². The number of hydrogen-bond acceptors (Lipinski definition) is 2. The van der Waals surface area contributed by atoms with Gasteiger partial charge in [-0.15, -0.1) is 0 Å². The number of rotatable bonds is 3. The Morgan fingerprint density at radius 1 is 1.40 bits per heavy atom. The molecule has 0 bridgehead atoms. The van der Waals surface area contributed by atoms with Crippen LogP contribution in [-0.2, 0) is 4.79 Å². The first-order valence-corrected chi connectivity index (χ1v) is 4.47. The zero-order chi connectivity index (χ0) is 10.7. The number of H-pyrrole nitrogens is 1. The van der Waals surface area contributed by atoms with Gasteiger partial charge in [0.05, 0.1) is 0 Å². The Bertz CT molecular complexity index is 514. The van der Waals surface area contributed by atoms with Gasteiger partial charge in [0.1, 0.15) is 5.75 Å². The molecule has 0 unspecified atom stereocenters. The molecule has 1 amide bonds. The summed E-state index contributed by atoms with van der Waals surface area (Å²) in [5.41, 5.74) is 1.86. The van der Waals surface area contributed by atoms with Crippen LogP contribution in [0, 0.1) is 0 Å². The number of fused-ring (bicyclic) bond motifs is 1. The van der Waals surface area contributed by atoms with E-state index in [1.807, 2.05) is 6.20 Å². The van der Waals surface area contributed by atoms with Gasteiger partial charge < -0.3 is 15.4 Å². The van der Waals surface area contributed by atoms with Gasteiger partial charge in [0.2, 0.25) is 6.41 Å². The summed E-state index contributed by atoms with van der Waals surface area (Å²) >= 11 is 0. The number of aromatic amines is 1. The van der Waals surface area contributed by atoms with E-state index in [1.54, 1.807) is 30.5 Å². The highest BCUT2D eigenvalue weighted by Gasteiger charge is 2.00. The second-order valence-corrected chi connectivity index (χ2v) is 3.09. The van der Waals surface area contributed by atoms with Crippen molar-refractivity contribution >= 4 is 23.4 Å². The van der Waals surface area contributed by atoms with E-state index in [-0.39, 0.29) is 5.75 Å². The molecule has 0 saturated carbocycles. The molecule has 3 N–H and O–H groups in total. The maximum Gasteiger partial charge on any atom is 0.211 e. The predicted molar refractivity (Wildman–Crippen MR) is 58.2 cm³/mol. The SMILES string of the molecule is O=CNC=Cc1c[nH]c2ccc(O)cc12. The Hall–Kier alpha value is -2.23. The van der Waals surface area contributed by atoms with Gasteiger partial charge in [-0.25, -0.2) is 0 Å². The van der Waals surface area contributed by atoms with Crippen molar-refractivity contribution in [3.63, 3.8) is 0 Å². The Morgan fingerprint density at radius 3 is 3.07 bits per heavy atom. The number of carbonyl (C=O) groups is 1. The summed E-state index contributed by atoms with van der Waals surface area (Å²) in [6.45, 7) is 0. The molecule has 4 nitrogen and oxygen atoms in total. The van der Waals surface area contributed by atoms with Crippen molar-refractivity contribution in [3.05, 3.63) is 36.2 Å². The number of amides is 1. The minimum Gasteiger partial charge on any atom is -0.508 e. The summed E-state index contributed by atoms with van der Waals surface area (Å²) in [6, 6.07) is 5.09. The third kappa shape index (κ3) is 1.83. The van der Waals surface area contributed by atoms with Crippen molar-refractivity contribution in [1.29, 1.82) is 0 Å². The lowest BCUT2D eigenvalue weighted by Crippen LogP contribution is -1.97. The van der Waals surface area contributed by atoms with E-state index in [9.17, 15) is 9.90 Å². The minimum atomic E-state index is 0.222. The number of hydrogen-bond donors (Lipinski definition) is 3. The van der Waals surface area contributed by atoms with Crippen LogP contribution >= 0.6 is 0 Å². The average molecular weight is 202 g/mol. The van der Waals surface area contributed by atoms with Crippen molar-refractivity contribution in [1.82, 2.24) is 10.3 Å². The molecule has 0 fully saturated rings. The van der Waals surface area contributed by atoms with Crippen LogP contribution < -0.4 is 5.32 Å². The standard InChI is InChI=1S/C11H10N2O2/c14-7-12-4-3-8-6-13-11-2-1-9(15)5-10(8)11/h1-7,13,15H,(H,12,14). The fraction of sp³-hybridized carbons (Fsp3) is 0. The lowest BCUT2D eigenvalue weighted by molar-refractivity contribution is -0.108. The zero-order valence-electron chi connectivity index (χ0n) is 7.90. The van der Waals surface area contributed by atoms with Crippen LogP contribution in [0.4, 0.5) is 0 Å². The number of benzene rings is 1. The second-order valence-electron chi connectivity index (χ2n) is 3.09. The Morgan fingerprint density at radius 2 is 2.27 bits per heavy atom. The topological polar surface area (TPSA) is 65.1 Å². The summed E-state index contributed by atoms with van der Waals surface area (Å²) in [5.74, 6) is 0.222. The van der Waals surface area contributed by atoms with Gasteiger partial charge in [0, 0.05) is 28.9 Å². The van der Waals surface area contributed by atoms with Gasteiger partial charge in [0.15, 0.2) is 0 Å². The lowest BCUT2D eigenvalue weighted by atomic mass is 10.1. The molecule has 1 aromatic carbocycles. The summed E-state index contributed by atoms with van der Waals surface area (Å²) in [6.07, 6.45) is 5.71. The summed E-state index contributed by atoms with van der Waals surface area (Å²) in [4.78, 5) is 13.1. The van der Waals surface area contributed by atoms with Gasteiger partial charge in [-0.05, 0) is 24.3 Å². The summed E-state index contributed by atoms with van der Waals surface area (Å²) in [7, 11) is 0. The first-order valence-electron chi connectivity index (χ1n) is 4.47. The van der Waals surface area contributed by atoms with Crippen LogP contribution in [0.2, 0.25) is 0 Å². The molecule has 0 aliphatic heterocycles. The van der Waals surface area contributed by atoms with Gasteiger partial charge >= 0.3 is 0 Å². The van der Waals surface area contributed by atoms with E-state index < -0.39 is 0 Å². The molecule has 1 heterocycles. The quantitative estimate of drug-likeness (QED) is 0.662. The number of phenols is 1. The molecule has 0 aliphatic carbocycles. The molecule has 0 saturated heterocycles. The van der Waals surface area contributed by atoms with Crippen molar-refractivity contribution in [2.75, 3.05) is 0 Å². The van der Waals surface area contributed by atoms with Crippen LogP contribution in [0.25, 0.3) is 17.0 Å². The van der Waals surface area contributed by atoms with Crippen LogP contribution in [0.15, 0.2) is 30.6 Å². The average Bonchev–Trinajstić information content (AvgIpc) is 2.62.